The van der Waals surface area contributed by atoms with Crippen LogP contribution in [-0.2, 0) is 6.42 Å². The topological polar surface area (TPSA) is 54.0 Å². The molecular formula is C22H22FN3O. The zero-order valence-electron chi connectivity index (χ0n) is 15.4. The molecule has 1 heterocycles. The maximum atomic E-state index is 12.9. The van der Waals surface area contributed by atoms with E-state index in [0.29, 0.717) is 17.9 Å². The Hall–Kier alpha value is -3.21. The third-order valence-electron chi connectivity index (χ3n) is 4.29. The summed E-state index contributed by atoms with van der Waals surface area (Å²) in [5.74, 6) is 0.215. The number of anilines is 2. The molecule has 2 aromatic carbocycles. The van der Waals surface area contributed by atoms with Crippen molar-refractivity contribution in [2.75, 3.05) is 17.2 Å². The first kappa shape index (κ1) is 18.6. The molecule has 27 heavy (non-hydrogen) atoms. The third-order valence-corrected chi connectivity index (χ3v) is 4.29. The van der Waals surface area contributed by atoms with Gasteiger partial charge in [0.1, 0.15) is 11.6 Å². The minimum atomic E-state index is -0.240. The Morgan fingerprint density at radius 2 is 1.81 bits per heavy atom. The van der Waals surface area contributed by atoms with Crippen molar-refractivity contribution in [3.05, 3.63) is 88.9 Å². The fourth-order valence-corrected chi connectivity index (χ4v) is 2.80. The van der Waals surface area contributed by atoms with E-state index in [1.165, 1.54) is 12.1 Å². The van der Waals surface area contributed by atoms with Gasteiger partial charge >= 0.3 is 0 Å². The molecular weight excluding hydrogens is 341 g/mol. The van der Waals surface area contributed by atoms with E-state index in [1.807, 2.05) is 32.0 Å². The number of aryl methyl sites for hydroxylation is 2. The monoisotopic (exact) mass is 363 g/mol. The Morgan fingerprint density at radius 3 is 2.56 bits per heavy atom. The highest BCUT2D eigenvalue weighted by atomic mass is 19.1. The molecule has 138 valence electrons. The second kappa shape index (κ2) is 8.45. The zero-order chi connectivity index (χ0) is 19.2. The Bertz CT molecular complexity index is 939. The Kier molecular flexibility index (Phi) is 5.81. The summed E-state index contributed by atoms with van der Waals surface area (Å²) in [6.07, 6.45) is 2.35. The molecule has 0 aliphatic rings. The summed E-state index contributed by atoms with van der Waals surface area (Å²) in [7, 11) is 0. The molecule has 4 nitrogen and oxygen atoms in total. The lowest BCUT2D eigenvalue weighted by Gasteiger charge is -2.10. The minimum Gasteiger partial charge on any atom is -0.370 e. The molecule has 1 aromatic heterocycles. The van der Waals surface area contributed by atoms with E-state index in [-0.39, 0.29) is 11.7 Å². The smallest absolute Gasteiger partial charge is 0.255 e. The molecule has 0 bridgehead atoms. The molecule has 0 saturated heterocycles. The number of halogens is 1. The van der Waals surface area contributed by atoms with Gasteiger partial charge in [0.2, 0.25) is 0 Å². The lowest BCUT2D eigenvalue weighted by atomic mass is 10.1. The first-order chi connectivity index (χ1) is 13.0. The lowest BCUT2D eigenvalue weighted by molar-refractivity contribution is 0.102. The number of amides is 1. The number of benzene rings is 2. The molecule has 3 aromatic rings. The van der Waals surface area contributed by atoms with Gasteiger partial charge in [-0.3, -0.25) is 4.79 Å². The third kappa shape index (κ3) is 5.14. The zero-order valence-corrected chi connectivity index (χ0v) is 15.4. The first-order valence-corrected chi connectivity index (χ1v) is 8.84. The molecule has 0 unspecified atom stereocenters. The average Bonchev–Trinajstić information content (AvgIpc) is 2.66. The van der Waals surface area contributed by atoms with Crippen molar-refractivity contribution in [2.45, 2.75) is 20.3 Å². The molecule has 5 heteroatoms. The van der Waals surface area contributed by atoms with E-state index in [0.717, 1.165) is 28.8 Å². The van der Waals surface area contributed by atoms with Crippen LogP contribution in [0.3, 0.4) is 0 Å². The SMILES string of the molecule is Cc1ccc(NC(=O)c2ccnc(NCCc3ccc(F)cc3)c2)c(C)c1. The second-order valence-corrected chi connectivity index (χ2v) is 6.51. The van der Waals surface area contributed by atoms with Gasteiger partial charge < -0.3 is 10.6 Å². The predicted molar refractivity (Wildman–Crippen MR) is 107 cm³/mol. The van der Waals surface area contributed by atoms with Gasteiger partial charge in [0, 0.05) is 24.0 Å². The summed E-state index contributed by atoms with van der Waals surface area (Å²) in [4.78, 5) is 16.8. The van der Waals surface area contributed by atoms with Crippen LogP contribution in [0.2, 0.25) is 0 Å². The number of rotatable bonds is 6. The summed E-state index contributed by atoms with van der Waals surface area (Å²) < 4.78 is 12.9. The van der Waals surface area contributed by atoms with Crippen LogP contribution in [0, 0.1) is 19.7 Å². The quantitative estimate of drug-likeness (QED) is 0.665. The number of hydrogen-bond acceptors (Lipinski definition) is 3. The fraction of sp³-hybridized carbons (Fsp3) is 0.182. The van der Waals surface area contributed by atoms with Gasteiger partial charge in [-0.25, -0.2) is 9.37 Å². The average molecular weight is 363 g/mol. The highest BCUT2D eigenvalue weighted by Gasteiger charge is 2.09. The van der Waals surface area contributed by atoms with Crippen molar-refractivity contribution in [2.24, 2.45) is 0 Å². The molecule has 0 spiro atoms. The van der Waals surface area contributed by atoms with Crippen molar-refractivity contribution in [1.29, 1.82) is 0 Å². The summed E-state index contributed by atoms with van der Waals surface area (Å²) in [6.45, 7) is 4.63. The van der Waals surface area contributed by atoms with Crippen LogP contribution >= 0.6 is 0 Å². The van der Waals surface area contributed by atoms with Gasteiger partial charge in [-0.05, 0) is 61.7 Å². The molecule has 0 saturated carbocycles. The van der Waals surface area contributed by atoms with Crippen molar-refractivity contribution in [1.82, 2.24) is 4.98 Å². The number of hydrogen-bond donors (Lipinski definition) is 2. The summed E-state index contributed by atoms with van der Waals surface area (Å²) in [5, 5.41) is 6.14. The standard InChI is InChI=1S/C22H22FN3O/c1-15-3-8-20(16(2)13-15)26-22(27)18-10-12-25-21(14-18)24-11-9-17-4-6-19(23)7-5-17/h3-8,10,12-14H,9,11H2,1-2H3,(H,24,25)(H,26,27). The molecule has 0 aliphatic heterocycles. The van der Waals surface area contributed by atoms with Gasteiger partial charge in [-0.1, -0.05) is 29.8 Å². The van der Waals surface area contributed by atoms with Crippen LogP contribution in [0.15, 0.2) is 60.8 Å². The van der Waals surface area contributed by atoms with Crippen molar-refractivity contribution < 1.29 is 9.18 Å². The van der Waals surface area contributed by atoms with E-state index in [4.69, 9.17) is 0 Å². The first-order valence-electron chi connectivity index (χ1n) is 8.84. The number of carbonyl (C=O) groups is 1. The van der Waals surface area contributed by atoms with E-state index >= 15 is 0 Å². The predicted octanol–water partition coefficient (Wildman–Crippen LogP) is 4.74. The van der Waals surface area contributed by atoms with E-state index in [2.05, 4.69) is 15.6 Å². The number of carbonyl (C=O) groups excluding carboxylic acids is 1. The number of pyridine rings is 1. The van der Waals surface area contributed by atoms with Crippen LogP contribution < -0.4 is 10.6 Å². The highest BCUT2D eigenvalue weighted by Crippen LogP contribution is 2.17. The van der Waals surface area contributed by atoms with Crippen LogP contribution in [0.25, 0.3) is 0 Å². The Balaban J connectivity index is 1.60. The van der Waals surface area contributed by atoms with Gasteiger partial charge in [0.05, 0.1) is 0 Å². The molecule has 0 radical (unpaired) electrons. The Labute approximate surface area is 158 Å². The molecule has 3 rings (SSSR count). The van der Waals surface area contributed by atoms with Crippen LogP contribution in [0.4, 0.5) is 15.9 Å². The maximum Gasteiger partial charge on any atom is 0.255 e. The molecule has 0 fully saturated rings. The van der Waals surface area contributed by atoms with Gasteiger partial charge in [0.15, 0.2) is 0 Å². The van der Waals surface area contributed by atoms with Crippen LogP contribution in [0.1, 0.15) is 27.0 Å². The van der Waals surface area contributed by atoms with Crippen molar-refractivity contribution >= 4 is 17.4 Å². The van der Waals surface area contributed by atoms with Gasteiger partial charge in [0.25, 0.3) is 5.91 Å². The van der Waals surface area contributed by atoms with Crippen LogP contribution in [0.5, 0.6) is 0 Å². The second-order valence-electron chi connectivity index (χ2n) is 6.51. The maximum absolute atomic E-state index is 12.9. The van der Waals surface area contributed by atoms with Crippen LogP contribution in [-0.4, -0.2) is 17.4 Å². The summed E-state index contributed by atoms with van der Waals surface area (Å²) in [5.41, 5.74) is 4.55. The number of nitrogens with one attached hydrogen (secondary N) is 2. The van der Waals surface area contributed by atoms with E-state index < -0.39 is 0 Å². The fourth-order valence-electron chi connectivity index (χ4n) is 2.80. The van der Waals surface area contributed by atoms with Gasteiger partial charge in [-0.15, -0.1) is 0 Å². The minimum absolute atomic E-state index is 0.175. The molecule has 2 N–H and O–H groups in total. The molecule has 0 aliphatic carbocycles. The lowest BCUT2D eigenvalue weighted by Crippen LogP contribution is -2.14. The normalized spacial score (nSPS) is 10.5. The number of nitrogens with zero attached hydrogens (tertiary/aromatic N) is 1. The molecule has 0 atom stereocenters. The van der Waals surface area contributed by atoms with E-state index in [9.17, 15) is 9.18 Å². The largest absolute Gasteiger partial charge is 0.370 e. The number of aromatic nitrogens is 1. The van der Waals surface area contributed by atoms with Gasteiger partial charge in [-0.2, -0.15) is 0 Å². The van der Waals surface area contributed by atoms with E-state index in [1.54, 1.807) is 30.5 Å². The highest BCUT2D eigenvalue weighted by molar-refractivity contribution is 6.05. The Morgan fingerprint density at radius 1 is 1.04 bits per heavy atom. The van der Waals surface area contributed by atoms with Crippen molar-refractivity contribution in [3.63, 3.8) is 0 Å². The summed E-state index contributed by atoms with van der Waals surface area (Å²) >= 11 is 0. The van der Waals surface area contributed by atoms with Crippen molar-refractivity contribution in [3.8, 4) is 0 Å². The molecule has 1 amide bonds. The summed E-state index contributed by atoms with van der Waals surface area (Å²) in [6, 6.07) is 15.7.